The van der Waals surface area contributed by atoms with Crippen LogP contribution in [0.5, 0.6) is 0 Å². The summed E-state index contributed by atoms with van der Waals surface area (Å²) in [7, 11) is 0. The molecule has 0 aromatic carbocycles. The lowest BCUT2D eigenvalue weighted by Gasteiger charge is -2.38. The molecule has 1 rings (SSSR count). The molecule has 1 fully saturated rings. The van der Waals surface area contributed by atoms with Crippen LogP contribution in [-0.4, -0.2) is 41.0 Å². The quantitative estimate of drug-likeness (QED) is 0.696. The molecule has 0 aliphatic heterocycles. The van der Waals surface area contributed by atoms with E-state index in [-0.39, 0.29) is 5.92 Å². The van der Waals surface area contributed by atoms with Crippen molar-refractivity contribution in [2.45, 2.75) is 83.1 Å². The summed E-state index contributed by atoms with van der Waals surface area (Å²) < 4.78 is 47.6. The van der Waals surface area contributed by atoms with Gasteiger partial charge in [-0.15, -0.1) is 0 Å². The molecule has 0 bridgehead atoms. The average Bonchev–Trinajstić information content (AvgIpc) is 2.52. The van der Waals surface area contributed by atoms with Gasteiger partial charge in [-0.05, 0) is 39.0 Å². The Morgan fingerprint density at radius 3 is 2.12 bits per heavy atom. The first-order chi connectivity index (χ1) is 11.4. The molecular weight excluding hydrogens is 341 g/mol. The zero-order chi connectivity index (χ0) is 19.3. The van der Waals surface area contributed by atoms with Gasteiger partial charge in [0.1, 0.15) is 5.60 Å². The summed E-state index contributed by atoms with van der Waals surface area (Å²) in [5.41, 5.74) is -3.88. The van der Waals surface area contributed by atoms with Crippen LogP contribution in [0.4, 0.5) is 13.2 Å². The van der Waals surface area contributed by atoms with Gasteiger partial charge >= 0.3 is 18.1 Å². The summed E-state index contributed by atoms with van der Waals surface area (Å²) in [6.07, 6.45) is -0.455. The summed E-state index contributed by atoms with van der Waals surface area (Å²) in [5.74, 6) is -1.89. The fourth-order valence-corrected chi connectivity index (χ4v) is 3.02. The molecule has 25 heavy (non-hydrogen) atoms. The summed E-state index contributed by atoms with van der Waals surface area (Å²) in [6, 6.07) is 0. The smallest absolute Gasteiger partial charge is 0.417 e. The molecule has 5 nitrogen and oxygen atoms in total. The first-order valence-corrected chi connectivity index (χ1v) is 8.58. The molecule has 0 spiro atoms. The predicted octanol–water partition coefficient (Wildman–Crippen LogP) is 3.53. The third kappa shape index (κ3) is 6.17. The number of ether oxygens (including phenoxy) is 2. The molecule has 1 N–H and O–H groups in total. The Morgan fingerprint density at radius 2 is 1.64 bits per heavy atom. The lowest BCUT2D eigenvalue weighted by atomic mass is 9.76. The number of halogens is 3. The van der Waals surface area contributed by atoms with Crippen LogP contribution in [0.1, 0.15) is 65.7 Å². The number of aliphatic hydroxyl groups is 1. The Balaban J connectivity index is 2.51. The Kier molecular flexibility index (Phi) is 7.28. The molecule has 1 aliphatic rings. The van der Waals surface area contributed by atoms with Gasteiger partial charge in [0.15, 0.2) is 12.2 Å². The maximum absolute atomic E-state index is 12.5. The van der Waals surface area contributed by atoms with E-state index in [0.29, 0.717) is 13.3 Å². The van der Waals surface area contributed by atoms with E-state index in [1.165, 1.54) is 0 Å². The second-order valence-corrected chi connectivity index (χ2v) is 7.08. The van der Waals surface area contributed by atoms with Crippen LogP contribution in [0.3, 0.4) is 0 Å². The van der Waals surface area contributed by atoms with Crippen molar-refractivity contribution < 1.29 is 37.3 Å². The number of hydrogen-bond acceptors (Lipinski definition) is 5. The fraction of sp³-hybridized carbons (Fsp3) is 0.882. The van der Waals surface area contributed by atoms with E-state index in [1.54, 1.807) is 0 Å². The zero-order valence-electron chi connectivity index (χ0n) is 14.9. The van der Waals surface area contributed by atoms with Crippen molar-refractivity contribution in [1.29, 1.82) is 0 Å². The maximum atomic E-state index is 12.5. The molecule has 8 heteroatoms. The first-order valence-electron chi connectivity index (χ1n) is 8.58. The van der Waals surface area contributed by atoms with E-state index >= 15 is 0 Å². The standard InChI is InChI=1S/C17H27F3O5/c1-4-15(2,12-8-6-5-7-9-12)25-14(22)11-24-13(21)10-16(3,23)17(18,19)20/h12,23H,4-11H2,1-3H3. The third-order valence-corrected chi connectivity index (χ3v) is 4.97. The largest absolute Gasteiger partial charge is 0.457 e. The average molecular weight is 368 g/mol. The van der Waals surface area contributed by atoms with E-state index < -0.39 is 42.3 Å². The number of carbonyl (C=O) groups excluding carboxylic acids is 2. The van der Waals surface area contributed by atoms with Crippen LogP contribution in [0.15, 0.2) is 0 Å². The number of esters is 2. The van der Waals surface area contributed by atoms with E-state index in [4.69, 9.17) is 4.74 Å². The second kappa shape index (κ2) is 8.38. The number of alkyl halides is 3. The van der Waals surface area contributed by atoms with Crippen LogP contribution >= 0.6 is 0 Å². The lowest BCUT2D eigenvalue weighted by Crippen LogP contribution is -2.44. The molecule has 0 amide bonds. The van der Waals surface area contributed by atoms with Crippen LogP contribution in [0.2, 0.25) is 0 Å². The molecule has 0 aromatic rings. The van der Waals surface area contributed by atoms with Crippen molar-refractivity contribution >= 4 is 11.9 Å². The summed E-state index contributed by atoms with van der Waals surface area (Å²) in [6.45, 7) is 3.43. The minimum atomic E-state index is -4.96. The fourth-order valence-electron chi connectivity index (χ4n) is 3.02. The highest BCUT2D eigenvalue weighted by Gasteiger charge is 2.51. The van der Waals surface area contributed by atoms with Gasteiger partial charge in [-0.25, -0.2) is 4.79 Å². The van der Waals surface area contributed by atoms with Crippen molar-refractivity contribution in [2.75, 3.05) is 6.61 Å². The van der Waals surface area contributed by atoms with Gasteiger partial charge in [-0.2, -0.15) is 13.2 Å². The lowest BCUT2D eigenvalue weighted by molar-refractivity contribution is -0.255. The number of carbonyl (C=O) groups is 2. The van der Waals surface area contributed by atoms with Crippen molar-refractivity contribution in [2.24, 2.45) is 5.92 Å². The van der Waals surface area contributed by atoms with Gasteiger partial charge < -0.3 is 14.6 Å². The molecule has 0 heterocycles. The van der Waals surface area contributed by atoms with Crippen LogP contribution < -0.4 is 0 Å². The predicted molar refractivity (Wildman–Crippen MR) is 83.6 cm³/mol. The van der Waals surface area contributed by atoms with Crippen molar-refractivity contribution in [3.05, 3.63) is 0 Å². The molecular formula is C17H27F3O5. The molecule has 1 aliphatic carbocycles. The van der Waals surface area contributed by atoms with Gasteiger partial charge in [0, 0.05) is 0 Å². The van der Waals surface area contributed by atoms with Crippen molar-refractivity contribution in [3.8, 4) is 0 Å². The Morgan fingerprint density at radius 1 is 1.08 bits per heavy atom. The van der Waals surface area contributed by atoms with Crippen LogP contribution in [0.25, 0.3) is 0 Å². The minimum Gasteiger partial charge on any atom is -0.457 e. The molecule has 0 saturated heterocycles. The van der Waals surface area contributed by atoms with E-state index in [2.05, 4.69) is 4.74 Å². The molecule has 146 valence electrons. The van der Waals surface area contributed by atoms with Gasteiger partial charge in [-0.1, -0.05) is 26.2 Å². The van der Waals surface area contributed by atoms with Gasteiger partial charge in [0.2, 0.25) is 0 Å². The summed E-state index contributed by atoms with van der Waals surface area (Å²) in [4.78, 5) is 23.4. The summed E-state index contributed by atoms with van der Waals surface area (Å²) in [5, 5.41) is 9.24. The molecule has 1 saturated carbocycles. The highest BCUT2D eigenvalue weighted by molar-refractivity contribution is 5.77. The monoisotopic (exact) mass is 368 g/mol. The van der Waals surface area contributed by atoms with E-state index in [0.717, 1.165) is 32.1 Å². The van der Waals surface area contributed by atoms with Crippen LogP contribution in [0, 0.1) is 5.92 Å². The van der Waals surface area contributed by atoms with Crippen LogP contribution in [-0.2, 0) is 19.1 Å². The Hall–Kier alpha value is -1.31. The SMILES string of the molecule is CCC(C)(OC(=O)COC(=O)CC(C)(O)C(F)(F)F)C1CCCCC1. The van der Waals surface area contributed by atoms with Gasteiger partial charge in [0.25, 0.3) is 0 Å². The minimum absolute atomic E-state index is 0.219. The van der Waals surface area contributed by atoms with Gasteiger partial charge in [0.05, 0.1) is 6.42 Å². The molecule has 0 radical (unpaired) electrons. The third-order valence-electron chi connectivity index (χ3n) is 4.97. The number of rotatable bonds is 7. The normalized spacial score (nSPS) is 21.1. The number of hydrogen-bond donors (Lipinski definition) is 1. The zero-order valence-corrected chi connectivity index (χ0v) is 14.9. The van der Waals surface area contributed by atoms with Crippen molar-refractivity contribution in [3.63, 3.8) is 0 Å². The second-order valence-electron chi connectivity index (χ2n) is 7.08. The van der Waals surface area contributed by atoms with E-state index in [9.17, 15) is 27.9 Å². The molecule has 2 unspecified atom stereocenters. The van der Waals surface area contributed by atoms with E-state index in [1.807, 2.05) is 13.8 Å². The first kappa shape index (κ1) is 21.7. The molecule has 0 aromatic heterocycles. The highest BCUT2D eigenvalue weighted by atomic mass is 19.4. The molecule has 2 atom stereocenters. The Labute approximate surface area is 145 Å². The van der Waals surface area contributed by atoms with Crippen molar-refractivity contribution in [1.82, 2.24) is 0 Å². The Bertz CT molecular complexity index is 469. The van der Waals surface area contributed by atoms with Gasteiger partial charge in [-0.3, -0.25) is 4.79 Å². The maximum Gasteiger partial charge on any atom is 0.417 e. The topological polar surface area (TPSA) is 72.8 Å². The highest BCUT2D eigenvalue weighted by Crippen LogP contribution is 2.37. The summed E-state index contributed by atoms with van der Waals surface area (Å²) >= 11 is 0.